The molecule has 8 heteroatoms. The van der Waals surface area contributed by atoms with Crippen molar-refractivity contribution in [3.63, 3.8) is 0 Å². The molecule has 0 spiro atoms. The van der Waals surface area contributed by atoms with Crippen LogP contribution in [0.4, 0.5) is 21.9 Å². The molecule has 0 saturated carbocycles. The highest BCUT2D eigenvalue weighted by Gasteiger charge is 2.33. The fraction of sp³-hybridized carbons (Fsp3) is 0.476. The van der Waals surface area contributed by atoms with Crippen LogP contribution in [-0.2, 0) is 4.74 Å². The zero-order valence-electron chi connectivity index (χ0n) is 16.7. The summed E-state index contributed by atoms with van der Waals surface area (Å²) in [6.45, 7) is 7.17. The maximum Gasteiger partial charge on any atom is 0.409 e. The number of para-hydroxylation sites is 1. The van der Waals surface area contributed by atoms with Crippen molar-refractivity contribution in [1.82, 2.24) is 4.90 Å². The summed E-state index contributed by atoms with van der Waals surface area (Å²) in [5.41, 5.74) is 1.45. The SMILES string of the molecule is CCOC(=O)N1CCN(c2c(N3CCN(c4ccccc4)CC3)c(=O)c2=O)CC1. The van der Waals surface area contributed by atoms with E-state index in [1.54, 1.807) is 11.8 Å². The highest BCUT2D eigenvalue weighted by molar-refractivity contribution is 5.77. The third kappa shape index (κ3) is 3.66. The highest BCUT2D eigenvalue weighted by Crippen LogP contribution is 2.27. The molecule has 0 atom stereocenters. The van der Waals surface area contributed by atoms with E-state index in [1.165, 1.54) is 5.69 Å². The van der Waals surface area contributed by atoms with E-state index in [1.807, 2.05) is 28.0 Å². The van der Waals surface area contributed by atoms with Crippen LogP contribution in [-0.4, -0.2) is 70.0 Å². The number of anilines is 3. The van der Waals surface area contributed by atoms with Gasteiger partial charge in [-0.2, -0.15) is 0 Å². The molecule has 2 heterocycles. The van der Waals surface area contributed by atoms with Gasteiger partial charge in [-0.15, -0.1) is 0 Å². The number of ether oxygens (including phenoxy) is 1. The molecule has 2 aromatic carbocycles. The lowest BCUT2D eigenvalue weighted by Crippen LogP contribution is -2.56. The Kier molecular flexibility index (Phi) is 5.42. The first-order valence-electron chi connectivity index (χ1n) is 10.1. The average Bonchev–Trinajstić information content (AvgIpc) is 2.78. The second-order valence-corrected chi connectivity index (χ2v) is 7.34. The van der Waals surface area contributed by atoms with Crippen LogP contribution in [0.2, 0.25) is 0 Å². The van der Waals surface area contributed by atoms with Gasteiger partial charge >= 0.3 is 6.09 Å². The zero-order valence-corrected chi connectivity index (χ0v) is 16.7. The number of carbonyl (C=O) groups is 1. The van der Waals surface area contributed by atoms with Gasteiger partial charge in [-0.25, -0.2) is 4.79 Å². The molecule has 0 radical (unpaired) electrons. The third-order valence-electron chi connectivity index (χ3n) is 5.70. The Hall–Kier alpha value is -3.03. The first kappa shape index (κ1) is 19.3. The fourth-order valence-corrected chi connectivity index (χ4v) is 4.11. The number of benzene rings is 1. The lowest BCUT2D eigenvalue weighted by Gasteiger charge is -2.41. The van der Waals surface area contributed by atoms with Crippen molar-refractivity contribution in [2.75, 3.05) is 73.7 Å². The van der Waals surface area contributed by atoms with E-state index in [0.29, 0.717) is 57.3 Å². The van der Waals surface area contributed by atoms with Crippen LogP contribution in [0.3, 0.4) is 0 Å². The van der Waals surface area contributed by atoms with Gasteiger partial charge in [0.1, 0.15) is 11.4 Å². The number of amides is 1. The summed E-state index contributed by atoms with van der Waals surface area (Å²) in [5.74, 6) is 0. The lowest BCUT2D eigenvalue weighted by molar-refractivity contribution is 0.105. The average molecular weight is 398 g/mol. The Morgan fingerprint density at radius 2 is 1.28 bits per heavy atom. The molecule has 2 aliphatic heterocycles. The smallest absolute Gasteiger partial charge is 0.409 e. The topological polar surface area (TPSA) is 73.4 Å². The predicted octanol–water partition coefficient (Wildman–Crippen LogP) is 0.888. The van der Waals surface area contributed by atoms with Gasteiger partial charge in [0.15, 0.2) is 0 Å². The molecule has 0 N–H and O–H groups in total. The monoisotopic (exact) mass is 398 g/mol. The van der Waals surface area contributed by atoms with E-state index in [4.69, 9.17) is 4.74 Å². The molecule has 1 amide bonds. The summed E-state index contributed by atoms with van der Waals surface area (Å²) in [5, 5.41) is 0. The summed E-state index contributed by atoms with van der Waals surface area (Å²) in [6, 6.07) is 10.2. The zero-order chi connectivity index (χ0) is 20.4. The molecule has 0 aliphatic carbocycles. The van der Waals surface area contributed by atoms with Gasteiger partial charge < -0.3 is 24.3 Å². The molecule has 2 saturated heterocycles. The van der Waals surface area contributed by atoms with Gasteiger partial charge in [0.2, 0.25) is 0 Å². The van der Waals surface area contributed by atoms with Crippen LogP contribution in [0.15, 0.2) is 39.9 Å². The number of hydrogen-bond acceptors (Lipinski definition) is 7. The number of rotatable bonds is 4. The van der Waals surface area contributed by atoms with E-state index in [2.05, 4.69) is 17.0 Å². The minimum Gasteiger partial charge on any atom is -0.450 e. The summed E-state index contributed by atoms with van der Waals surface area (Å²) in [7, 11) is 0. The van der Waals surface area contributed by atoms with Gasteiger partial charge in [-0.1, -0.05) is 18.2 Å². The Bertz CT molecular complexity index is 922. The van der Waals surface area contributed by atoms with Crippen molar-refractivity contribution in [2.45, 2.75) is 6.92 Å². The summed E-state index contributed by atoms with van der Waals surface area (Å²) < 4.78 is 5.04. The largest absolute Gasteiger partial charge is 0.450 e. The van der Waals surface area contributed by atoms with Gasteiger partial charge in [0.05, 0.1) is 6.61 Å². The molecule has 2 aliphatic rings. The lowest BCUT2D eigenvalue weighted by atomic mass is 10.1. The van der Waals surface area contributed by atoms with Crippen molar-refractivity contribution < 1.29 is 9.53 Å². The number of carbonyl (C=O) groups excluding carboxylic acids is 1. The molecule has 0 bridgehead atoms. The molecule has 154 valence electrons. The van der Waals surface area contributed by atoms with Crippen LogP contribution in [0.25, 0.3) is 0 Å². The van der Waals surface area contributed by atoms with Crippen molar-refractivity contribution in [2.24, 2.45) is 0 Å². The van der Waals surface area contributed by atoms with Crippen molar-refractivity contribution in [3.05, 3.63) is 50.8 Å². The molecule has 8 nitrogen and oxygen atoms in total. The standard InChI is InChI=1S/C21H26N4O4/c1-2-29-21(28)25-14-12-24(13-15-25)18-17(19(26)20(18)27)23-10-8-22(9-11-23)16-6-4-3-5-7-16/h3-7H,2,8-15H2,1H3. The molecule has 4 rings (SSSR count). The number of piperazine rings is 2. The number of nitrogens with zero attached hydrogens (tertiary/aromatic N) is 4. The molecule has 0 aromatic heterocycles. The fourth-order valence-electron chi connectivity index (χ4n) is 4.11. The van der Waals surface area contributed by atoms with Gasteiger partial charge in [0, 0.05) is 58.0 Å². The van der Waals surface area contributed by atoms with Crippen molar-refractivity contribution >= 4 is 23.2 Å². The minimum absolute atomic E-state index is 0.325. The highest BCUT2D eigenvalue weighted by atomic mass is 16.6. The van der Waals surface area contributed by atoms with Crippen LogP contribution >= 0.6 is 0 Å². The van der Waals surface area contributed by atoms with Gasteiger partial charge in [-0.3, -0.25) is 9.59 Å². The molecule has 0 unspecified atom stereocenters. The van der Waals surface area contributed by atoms with E-state index in [0.717, 1.165) is 13.1 Å². The van der Waals surface area contributed by atoms with Crippen LogP contribution in [0, 0.1) is 0 Å². The van der Waals surface area contributed by atoms with Crippen LogP contribution in [0.5, 0.6) is 0 Å². The van der Waals surface area contributed by atoms with Crippen LogP contribution < -0.4 is 25.6 Å². The number of hydrogen-bond donors (Lipinski definition) is 0. The molecular formula is C21H26N4O4. The van der Waals surface area contributed by atoms with Crippen molar-refractivity contribution in [1.29, 1.82) is 0 Å². The quantitative estimate of drug-likeness (QED) is 0.708. The van der Waals surface area contributed by atoms with Gasteiger partial charge in [-0.05, 0) is 19.1 Å². The van der Waals surface area contributed by atoms with E-state index in [-0.39, 0.29) is 11.5 Å². The second kappa shape index (κ2) is 8.14. The predicted molar refractivity (Wildman–Crippen MR) is 113 cm³/mol. The molecule has 2 aromatic rings. The summed E-state index contributed by atoms with van der Waals surface area (Å²) >= 11 is 0. The maximum atomic E-state index is 12.3. The Labute approximate surface area is 169 Å². The summed E-state index contributed by atoms with van der Waals surface area (Å²) in [4.78, 5) is 44.5. The molecule has 2 fully saturated rings. The first-order valence-corrected chi connectivity index (χ1v) is 10.1. The molecular weight excluding hydrogens is 372 g/mol. The Morgan fingerprint density at radius 1 is 0.793 bits per heavy atom. The van der Waals surface area contributed by atoms with Gasteiger partial charge in [0.25, 0.3) is 10.9 Å². The van der Waals surface area contributed by atoms with E-state index >= 15 is 0 Å². The Morgan fingerprint density at radius 3 is 1.79 bits per heavy atom. The minimum atomic E-state index is -0.407. The maximum absolute atomic E-state index is 12.3. The second-order valence-electron chi connectivity index (χ2n) is 7.34. The van der Waals surface area contributed by atoms with Crippen LogP contribution in [0.1, 0.15) is 6.92 Å². The normalized spacial score (nSPS) is 17.7. The Balaban J connectivity index is 1.41. The van der Waals surface area contributed by atoms with E-state index in [9.17, 15) is 14.4 Å². The van der Waals surface area contributed by atoms with E-state index < -0.39 is 5.43 Å². The summed E-state index contributed by atoms with van der Waals surface area (Å²) in [6.07, 6.45) is -0.325. The van der Waals surface area contributed by atoms with Crippen molar-refractivity contribution in [3.8, 4) is 0 Å². The molecule has 29 heavy (non-hydrogen) atoms. The first-order chi connectivity index (χ1) is 14.1. The third-order valence-corrected chi connectivity index (χ3v) is 5.70.